The Bertz CT molecular complexity index is 1130. The molecule has 0 bridgehead atoms. The number of nitrogens with zero attached hydrogens (tertiary/aromatic N) is 1. The molecule has 1 atom stereocenters. The van der Waals surface area contributed by atoms with Crippen molar-refractivity contribution >= 4 is 38.5 Å². The number of fused-ring (bicyclic) bond motifs is 1. The van der Waals surface area contributed by atoms with Crippen molar-refractivity contribution in [1.82, 2.24) is 9.62 Å². The summed E-state index contributed by atoms with van der Waals surface area (Å²) in [6, 6.07) is 22.1. The van der Waals surface area contributed by atoms with Crippen LogP contribution < -0.4 is 5.32 Å². The number of amides is 1. The van der Waals surface area contributed by atoms with E-state index in [-0.39, 0.29) is 10.8 Å². The minimum absolute atomic E-state index is 0.217. The molecule has 4 rings (SSSR count). The topological polar surface area (TPSA) is 66.5 Å². The van der Waals surface area contributed by atoms with Gasteiger partial charge in [-0.1, -0.05) is 48.5 Å². The second kappa shape index (κ2) is 9.20. The van der Waals surface area contributed by atoms with Crippen LogP contribution in [0, 0.1) is 0 Å². The molecular weight excluding hydrogens is 416 g/mol. The average Bonchev–Trinajstić information content (AvgIpc) is 3.28. The Balaban J connectivity index is 1.42. The van der Waals surface area contributed by atoms with Crippen LogP contribution in [-0.2, 0) is 14.8 Å². The fraction of sp³-hybridized carbons (Fsp3) is 0.261. The minimum atomic E-state index is -3.73. The molecular formula is C23H24N2O3S2. The highest BCUT2D eigenvalue weighted by molar-refractivity contribution is 7.99. The molecule has 7 heteroatoms. The molecule has 1 amide bonds. The molecule has 1 saturated heterocycles. The van der Waals surface area contributed by atoms with E-state index in [0.717, 1.165) is 21.4 Å². The van der Waals surface area contributed by atoms with Crippen LogP contribution in [0.1, 0.15) is 12.8 Å². The molecule has 1 aliphatic rings. The summed E-state index contributed by atoms with van der Waals surface area (Å²) in [5.41, 5.74) is 0. The summed E-state index contributed by atoms with van der Waals surface area (Å²) in [7, 11) is -3.73. The zero-order valence-electron chi connectivity index (χ0n) is 16.5. The van der Waals surface area contributed by atoms with E-state index in [4.69, 9.17) is 0 Å². The summed E-state index contributed by atoms with van der Waals surface area (Å²) in [6.07, 6.45) is 1.23. The minimum Gasteiger partial charge on any atom is -0.354 e. The van der Waals surface area contributed by atoms with Crippen molar-refractivity contribution in [2.75, 3.05) is 18.8 Å². The lowest BCUT2D eigenvalue weighted by molar-refractivity contribution is -0.124. The van der Waals surface area contributed by atoms with Gasteiger partial charge in [0.15, 0.2) is 0 Å². The maximum Gasteiger partial charge on any atom is 0.243 e. The molecule has 0 unspecified atom stereocenters. The molecule has 30 heavy (non-hydrogen) atoms. The molecule has 156 valence electrons. The maximum absolute atomic E-state index is 13.2. The highest BCUT2D eigenvalue weighted by Gasteiger charge is 2.39. The molecule has 3 aromatic carbocycles. The number of hydrogen-bond acceptors (Lipinski definition) is 4. The normalized spacial score (nSPS) is 17.3. The van der Waals surface area contributed by atoms with Crippen molar-refractivity contribution in [3.05, 3.63) is 72.8 Å². The highest BCUT2D eigenvalue weighted by Crippen LogP contribution is 2.28. The van der Waals surface area contributed by atoms with Crippen LogP contribution in [0.3, 0.4) is 0 Å². The summed E-state index contributed by atoms with van der Waals surface area (Å²) < 4.78 is 27.9. The standard InChI is InChI=1S/C23H24N2O3S2/c26-23(24-14-16-29-20-9-2-1-3-10-20)22-11-6-15-25(22)30(27,28)21-13-12-18-7-4-5-8-19(18)17-21/h1-5,7-10,12-13,17,22H,6,11,14-16H2,(H,24,26)/t22-/m0/s1. The highest BCUT2D eigenvalue weighted by atomic mass is 32.2. The first-order valence-electron chi connectivity index (χ1n) is 10.0. The van der Waals surface area contributed by atoms with E-state index in [2.05, 4.69) is 5.32 Å². The molecule has 1 aliphatic heterocycles. The molecule has 3 aromatic rings. The summed E-state index contributed by atoms with van der Waals surface area (Å²) >= 11 is 1.66. The van der Waals surface area contributed by atoms with Crippen molar-refractivity contribution in [3.63, 3.8) is 0 Å². The third-order valence-electron chi connectivity index (χ3n) is 5.25. The van der Waals surface area contributed by atoms with Gasteiger partial charge in [-0.15, -0.1) is 11.8 Å². The van der Waals surface area contributed by atoms with Crippen LogP contribution in [0.2, 0.25) is 0 Å². The molecule has 1 fully saturated rings. The number of carbonyl (C=O) groups is 1. The number of nitrogens with one attached hydrogen (secondary N) is 1. The van der Waals surface area contributed by atoms with Gasteiger partial charge in [-0.3, -0.25) is 4.79 Å². The third-order valence-corrected chi connectivity index (χ3v) is 8.16. The van der Waals surface area contributed by atoms with Crippen LogP contribution in [0.15, 0.2) is 82.6 Å². The lowest BCUT2D eigenvalue weighted by Gasteiger charge is -2.23. The molecule has 0 aromatic heterocycles. The van der Waals surface area contributed by atoms with E-state index in [0.29, 0.717) is 25.9 Å². The van der Waals surface area contributed by atoms with Gasteiger partial charge in [-0.2, -0.15) is 4.31 Å². The predicted molar refractivity (Wildman–Crippen MR) is 121 cm³/mol. The number of benzene rings is 3. The van der Waals surface area contributed by atoms with E-state index < -0.39 is 16.1 Å². The monoisotopic (exact) mass is 440 g/mol. The Hall–Kier alpha value is -2.35. The van der Waals surface area contributed by atoms with Crippen molar-refractivity contribution in [2.45, 2.75) is 28.7 Å². The van der Waals surface area contributed by atoms with Crippen molar-refractivity contribution in [1.29, 1.82) is 0 Å². The smallest absolute Gasteiger partial charge is 0.243 e. The van der Waals surface area contributed by atoms with E-state index in [1.54, 1.807) is 23.9 Å². The van der Waals surface area contributed by atoms with E-state index in [9.17, 15) is 13.2 Å². The Morgan fingerprint density at radius 2 is 1.73 bits per heavy atom. The van der Waals surface area contributed by atoms with Gasteiger partial charge in [0.1, 0.15) is 6.04 Å². The fourth-order valence-electron chi connectivity index (χ4n) is 3.73. The molecule has 0 aliphatic carbocycles. The summed E-state index contributed by atoms with van der Waals surface area (Å²) in [4.78, 5) is 14.1. The van der Waals surface area contributed by atoms with Gasteiger partial charge in [0.05, 0.1) is 4.90 Å². The van der Waals surface area contributed by atoms with E-state index in [1.165, 1.54) is 4.31 Å². The van der Waals surface area contributed by atoms with Crippen LogP contribution in [0.4, 0.5) is 0 Å². The third kappa shape index (κ3) is 4.53. The SMILES string of the molecule is O=C(NCCSc1ccccc1)[C@@H]1CCCN1S(=O)(=O)c1ccc2ccccc2c1. The van der Waals surface area contributed by atoms with Gasteiger partial charge < -0.3 is 5.32 Å². The van der Waals surface area contributed by atoms with Crippen LogP contribution >= 0.6 is 11.8 Å². The second-order valence-corrected chi connectivity index (χ2v) is 10.3. The maximum atomic E-state index is 13.2. The fourth-order valence-corrected chi connectivity index (χ4v) is 6.21. The zero-order chi connectivity index (χ0) is 21.0. The number of carbonyl (C=O) groups excluding carboxylic acids is 1. The second-order valence-electron chi connectivity index (χ2n) is 7.24. The van der Waals surface area contributed by atoms with Gasteiger partial charge in [0, 0.05) is 23.7 Å². The Labute approximate surface area is 181 Å². The lowest BCUT2D eigenvalue weighted by atomic mass is 10.1. The number of thioether (sulfide) groups is 1. The molecule has 0 radical (unpaired) electrons. The molecule has 1 heterocycles. The van der Waals surface area contributed by atoms with Crippen molar-refractivity contribution in [2.24, 2.45) is 0 Å². The van der Waals surface area contributed by atoms with Gasteiger partial charge in [0.2, 0.25) is 15.9 Å². The Morgan fingerprint density at radius 1 is 1.00 bits per heavy atom. The molecule has 5 nitrogen and oxygen atoms in total. The van der Waals surface area contributed by atoms with E-state index in [1.807, 2.05) is 60.7 Å². The van der Waals surface area contributed by atoms with Crippen molar-refractivity contribution in [3.8, 4) is 0 Å². The first-order chi connectivity index (χ1) is 14.6. The zero-order valence-corrected chi connectivity index (χ0v) is 18.2. The molecule has 1 N–H and O–H groups in total. The van der Waals surface area contributed by atoms with Gasteiger partial charge in [-0.25, -0.2) is 8.42 Å². The summed E-state index contributed by atoms with van der Waals surface area (Å²) in [6.45, 7) is 0.866. The predicted octanol–water partition coefficient (Wildman–Crippen LogP) is 3.90. The van der Waals surface area contributed by atoms with Crippen molar-refractivity contribution < 1.29 is 13.2 Å². The first kappa shape index (κ1) is 20.9. The molecule has 0 saturated carbocycles. The number of hydrogen-bond donors (Lipinski definition) is 1. The van der Waals surface area contributed by atoms with Crippen LogP contribution in [0.5, 0.6) is 0 Å². The largest absolute Gasteiger partial charge is 0.354 e. The number of sulfonamides is 1. The van der Waals surface area contributed by atoms with Gasteiger partial charge >= 0.3 is 0 Å². The Kier molecular flexibility index (Phi) is 6.41. The van der Waals surface area contributed by atoms with Gasteiger partial charge in [-0.05, 0) is 47.9 Å². The van der Waals surface area contributed by atoms with E-state index >= 15 is 0 Å². The van der Waals surface area contributed by atoms with Crippen LogP contribution in [0.25, 0.3) is 10.8 Å². The quantitative estimate of drug-likeness (QED) is 0.447. The molecule has 0 spiro atoms. The number of rotatable bonds is 7. The summed E-state index contributed by atoms with van der Waals surface area (Å²) in [5, 5.41) is 4.77. The van der Waals surface area contributed by atoms with Gasteiger partial charge in [0.25, 0.3) is 0 Å². The first-order valence-corrected chi connectivity index (χ1v) is 12.4. The summed E-state index contributed by atoms with van der Waals surface area (Å²) in [5.74, 6) is 0.519. The lowest BCUT2D eigenvalue weighted by Crippen LogP contribution is -2.46. The average molecular weight is 441 g/mol. The van der Waals surface area contributed by atoms with Crippen LogP contribution in [-0.4, -0.2) is 43.5 Å². The Morgan fingerprint density at radius 3 is 2.53 bits per heavy atom.